The molecule has 2 rings (SSSR count). The first kappa shape index (κ1) is 10.8. The minimum atomic E-state index is -0.393. The van der Waals surface area contributed by atoms with E-state index in [9.17, 15) is 4.39 Å². The molecular formula is C13H7BrFN. The van der Waals surface area contributed by atoms with Gasteiger partial charge in [0.2, 0.25) is 0 Å². The molecule has 0 aliphatic rings. The molecule has 0 fully saturated rings. The Kier molecular flexibility index (Phi) is 3.02. The van der Waals surface area contributed by atoms with E-state index in [2.05, 4.69) is 15.9 Å². The molecule has 2 aromatic rings. The van der Waals surface area contributed by atoms with Gasteiger partial charge in [0.1, 0.15) is 5.82 Å². The van der Waals surface area contributed by atoms with E-state index in [1.54, 1.807) is 6.07 Å². The van der Waals surface area contributed by atoms with Crippen LogP contribution in [0.4, 0.5) is 4.39 Å². The summed E-state index contributed by atoms with van der Waals surface area (Å²) in [4.78, 5) is 0. The zero-order valence-electron chi connectivity index (χ0n) is 8.24. The summed E-state index contributed by atoms with van der Waals surface area (Å²) in [7, 11) is 0. The molecule has 1 nitrogen and oxygen atoms in total. The van der Waals surface area contributed by atoms with E-state index in [0.29, 0.717) is 5.56 Å². The van der Waals surface area contributed by atoms with Crippen molar-refractivity contribution < 1.29 is 4.39 Å². The topological polar surface area (TPSA) is 23.8 Å². The molecule has 0 saturated heterocycles. The van der Waals surface area contributed by atoms with E-state index in [1.165, 1.54) is 12.1 Å². The Morgan fingerprint density at radius 2 is 1.94 bits per heavy atom. The summed E-state index contributed by atoms with van der Waals surface area (Å²) in [5.74, 6) is -0.393. The molecule has 0 atom stereocenters. The van der Waals surface area contributed by atoms with Gasteiger partial charge in [-0.1, -0.05) is 34.1 Å². The highest BCUT2D eigenvalue weighted by molar-refractivity contribution is 9.10. The molecule has 0 heterocycles. The minimum absolute atomic E-state index is 0.345. The van der Waals surface area contributed by atoms with E-state index < -0.39 is 5.82 Å². The second-order valence-corrected chi connectivity index (χ2v) is 4.23. The van der Waals surface area contributed by atoms with Crippen LogP contribution in [0.3, 0.4) is 0 Å². The normalized spacial score (nSPS) is 9.81. The Labute approximate surface area is 101 Å². The van der Waals surface area contributed by atoms with Crippen molar-refractivity contribution in [3.8, 4) is 17.2 Å². The van der Waals surface area contributed by atoms with Gasteiger partial charge in [0.25, 0.3) is 0 Å². The number of nitriles is 1. The average molecular weight is 276 g/mol. The van der Waals surface area contributed by atoms with E-state index in [4.69, 9.17) is 5.26 Å². The van der Waals surface area contributed by atoms with Crippen LogP contribution in [0.15, 0.2) is 46.9 Å². The quantitative estimate of drug-likeness (QED) is 0.768. The van der Waals surface area contributed by atoms with Crippen molar-refractivity contribution >= 4 is 15.9 Å². The molecular weight excluding hydrogens is 269 g/mol. The minimum Gasteiger partial charge on any atom is -0.207 e. The molecule has 0 spiro atoms. The largest absolute Gasteiger partial charge is 0.207 e. The third-order valence-corrected chi connectivity index (χ3v) is 2.73. The molecule has 78 valence electrons. The molecule has 0 N–H and O–H groups in total. The van der Waals surface area contributed by atoms with E-state index >= 15 is 0 Å². The maximum absolute atomic E-state index is 13.0. The molecule has 0 aliphatic carbocycles. The maximum Gasteiger partial charge on any atom is 0.124 e. The molecule has 3 heteroatoms. The first-order valence-corrected chi connectivity index (χ1v) is 5.45. The molecule has 0 saturated carbocycles. The first-order chi connectivity index (χ1) is 7.70. The summed E-state index contributed by atoms with van der Waals surface area (Å²) in [5.41, 5.74) is 1.98. The Morgan fingerprint density at radius 1 is 1.12 bits per heavy atom. The second-order valence-electron chi connectivity index (χ2n) is 3.31. The lowest BCUT2D eigenvalue weighted by Gasteiger charge is -2.04. The highest BCUT2D eigenvalue weighted by Gasteiger charge is 2.06. The summed E-state index contributed by atoms with van der Waals surface area (Å²) in [6.07, 6.45) is 0. The van der Waals surface area contributed by atoms with Gasteiger partial charge >= 0.3 is 0 Å². The van der Waals surface area contributed by atoms with Gasteiger partial charge in [0, 0.05) is 4.47 Å². The van der Waals surface area contributed by atoms with Gasteiger partial charge in [-0.25, -0.2) is 4.39 Å². The van der Waals surface area contributed by atoms with Crippen LogP contribution in [0.1, 0.15) is 5.56 Å². The third kappa shape index (κ3) is 2.12. The number of nitrogens with zero attached hydrogens (tertiary/aromatic N) is 1. The van der Waals surface area contributed by atoms with Gasteiger partial charge in [-0.15, -0.1) is 0 Å². The number of halogens is 2. The summed E-state index contributed by atoms with van der Waals surface area (Å²) in [6.45, 7) is 0. The van der Waals surface area contributed by atoms with Gasteiger partial charge in [0.05, 0.1) is 11.6 Å². The molecule has 0 radical (unpaired) electrons. The molecule has 0 unspecified atom stereocenters. The summed E-state index contributed by atoms with van der Waals surface area (Å²) in [6, 6.07) is 13.8. The monoisotopic (exact) mass is 275 g/mol. The van der Waals surface area contributed by atoms with Crippen molar-refractivity contribution in [1.82, 2.24) is 0 Å². The number of benzene rings is 2. The van der Waals surface area contributed by atoms with Gasteiger partial charge in [-0.05, 0) is 35.4 Å². The molecule has 0 aliphatic heterocycles. The number of hydrogen-bond donors (Lipinski definition) is 0. The molecule has 0 bridgehead atoms. The Balaban J connectivity index is 2.61. The second kappa shape index (κ2) is 4.46. The zero-order chi connectivity index (χ0) is 11.5. The van der Waals surface area contributed by atoms with E-state index in [0.717, 1.165) is 15.6 Å². The van der Waals surface area contributed by atoms with E-state index in [-0.39, 0.29) is 0 Å². The number of hydrogen-bond acceptors (Lipinski definition) is 1. The van der Waals surface area contributed by atoms with Crippen LogP contribution in [0, 0.1) is 17.1 Å². The first-order valence-electron chi connectivity index (χ1n) is 4.66. The fourth-order valence-corrected chi connectivity index (χ4v) is 1.92. The maximum atomic E-state index is 13.0. The van der Waals surface area contributed by atoms with Crippen LogP contribution in [0.25, 0.3) is 11.1 Å². The van der Waals surface area contributed by atoms with Crippen molar-refractivity contribution in [2.45, 2.75) is 0 Å². The lowest BCUT2D eigenvalue weighted by atomic mass is 10.0. The van der Waals surface area contributed by atoms with Crippen LogP contribution in [-0.4, -0.2) is 0 Å². The highest BCUT2D eigenvalue weighted by atomic mass is 79.9. The smallest absolute Gasteiger partial charge is 0.124 e. The van der Waals surface area contributed by atoms with Crippen molar-refractivity contribution in [3.63, 3.8) is 0 Å². The Hall–Kier alpha value is -1.66. The van der Waals surface area contributed by atoms with Crippen LogP contribution in [-0.2, 0) is 0 Å². The zero-order valence-corrected chi connectivity index (χ0v) is 9.83. The van der Waals surface area contributed by atoms with Gasteiger partial charge in [0.15, 0.2) is 0 Å². The fourth-order valence-electron chi connectivity index (χ4n) is 1.52. The number of rotatable bonds is 1. The fraction of sp³-hybridized carbons (Fsp3) is 0. The molecule has 2 aromatic carbocycles. The van der Waals surface area contributed by atoms with Crippen molar-refractivity contribution in [2.75, 3.05) is 0 Å². The predicted molar refractivity (Wildman–Crippen MR) is 64.3 cm³/mol. The molecule has 16 heavy (non-hydrogen) atoms. The van der Waals surface area contributed by atoms with E-state index in [1.807, 2.05) is 30.3 Å². The highest BCUT2D eigenvalue weighted by Crippen LogP contribution is 2.26. The third-order valence-electron chi connectivity index (χ3n) is 2.24. The van der Waals surface area contributed by atoms with Gasteiger partial charge in [-0.3, -0.25) is 0 Å². The summed E-state index contributed by atoms with van der Waals surface area (Å²) < 4.78 is 13.9. The summed E-state index contributed by atoms with van der Waals surface area (Å²) >= 11 is 3.36. The predicted octanol–water partition coefficient (Wildman–Crippen LogP) is 4.13. The Bertz CT molecular complexity index is 572. The van der Waals surface area contributed by atoms with Crippen molar-refractivity contribution in [3.05, 3.63) is 58.3 Å². The van der Waals surface area contributed by atoms with Crippen LogP contribution < -0.4 is 0 Å². The van der Waals surface area contributed by atoms with Gasteiger partial charge < -0.3 is 0 Å². The lowest BCUT2D eigenvalue weighted by Crippen LogP contribution is -1.86. The van der Waals surface area contributed by atoms with Crippen LogP contribution >= 0.6 is 15.9 Å². The van der Waals surface area contributed by atoms with Crippen LogP contribution in [0.2, 0.25) is 0 Å². The standard InChI is InChI=1S/C13H7BrFN/c14-11-3-1-2-9(6-11)13-5-4-12(15)7-10(13)8-16/h1-7H. The average Bonchev–Trinajstić information content (AvgIpc) is 2.28. The van der Waals surface area contributed by atoms with Crippen LogP contribution in [0.5, 0.6) is 0 Å². The van der Waals surface area contributed by atoms with Gasteiger partial charge in [-0.2, -0.15) is 5.26 Å². The lowest BCUT2D eigenvalue weighted by molar-refractivity contribution is 0.627. The van der Waals surface area contributed by atoms with Crippen molar-refractivity contribution in [2.24, 2.45) is 0 Å². The Morgan fingerprint density at radius 3 is 2.62 bits per heavy atom. The van der Waals surface area contributed by atoms with Crippen molar-refractivity contribution in [1.29, 1.82) is 5.26 Å². The SMILES string of the molecule is N#Cc1cc(F)ccc1-c1cccc(Br)c1. The molecule has 0 aromatic heterocycles. The molecule has 0 amide bonds. The summed E-state index contributed by atoms with van der Waals surface area (Å²) in [5, 5.41) is 8.95.